The molecule has 1 saturated heterocycles. The second-order valence-corrected chi connectivity index (χ2v) is 9.90. The topological polar surface area (TPSA) is 58.4 Å². The number of nitrogens with zero attached hydrogens (tertiary/aromatic N) is 4. The van der Waals surface area contributed by atoms with Crippen LogP contribution in [0.4, 0.5) is 4.39 Å². The Hall–Kier alpha value is -3.32. The maximum Gasteiger partial charge on any atom is 0.258 e. The molecule has 0 spiro atoms. The normalized spacial score (nSPS) is 18.2. The van der Waals surface area contributed by atoms with E-state index >= 15 is 0 Å². The Kier molecular flexibility index (Phi) is 7.01. The molecule has 0 radical (unpaired) electrons. The number of halogens is 1. The van der Waals surface area contributed by atoms with Gasteiger partial charge < -0.3 is 9.47 Å². The molecule has 0 N–H and O–H groups in total. The molecule has 1 aromatic carbocycles. The van der Waals surface area contributed by atoms with Gasteiger partial charge in [0.05, 0.1) is 12.6 Å². The van der Waals surface area contributed by atoms with E-state index in [1.807, 2.05) is 27.7 Å². The first-order chi connectivity index (χ1) is 17.5. The number of amides is 1. The van der Waals surface area contributed by atoms with Gasteiger partial charge in [0, 0.05) is 43.2 Å². The summed E-state index contributed by atoms with van der Waals surface area (Å²) in [5, 5.41) is 0. The molecule has 0 unspecified atom stereocenters. The first-order valence-electron chi connectivity index (χ1n) is 12.9. The summed E-state index contributed by atoms with van der Waals surface area (Å²) in [6, 6.07) is 10.5. The Morgan fingerprint density at radius 1 is 1.17 bits per heavy atom. The van der Waals surface area contributed by atoms with Crippen LogP contribution >= 0.6 is 0 Å². The van der Waals surface area contributed by atoms with Crippen molar-refractivity contribution in [1.82, 2.24) is 19.4 Å². The number of aryl methyl sites for hydroxylation is 1. The van der Waals surface area contributed by atoms with E-state index in [2.05, 4.69) is 16.8 Å². The molecule has 7 heteroatoms. The molecule has 0 saturated carbocycles. The lowest BCUT2D eigenvalue weighted by atomic mass is 9.96. The maximum atomic E-state index is 14.0. The van der Waals surface area contributed by atoms with E-state index < -0.39 is 0 Å². The standard InChI is InChI=1S/C29H33FN4O2/c1-3-32-13-5-4-8-27(32)29(36)33-14-11-26-23(19-33)16-24(22-9-10-25(30)20(2)15-22)28(35)34(26)18-21-7-6-12-31-17-21/h6-7,9-10,12,15-17,27H,3-5,8,11,13-14,18-19H2,1-2H3/t27-/m1/s1. The van der Waals surface area contributed by atoms with Crippen molar-refractivity contribution in [2.24, 2.45) is 0 Å². The molecule has 6 nitrogen and oxygen atoms in total. The highest BCUT2D eigenvalue weighted by Gasteiger charge is 2.33. The van der Waals surface area contributed by atoms with Crippen LogP contribution in [-0.4, -0.2) is 50.9 Å². The van der Waals surface area contributed by atoms with Gasteiger partial charge in [-0.25, -0.2) is 4.39 Å². The molecule has 4 heterocycles. The fourth-order valence-corrected chi connectivity index (χ4v) is 5.63. The van der Waals surface area contributed by atoms with Crippen LogP contribution in [0.1, 0.15) is 48.6 Å². The van der Waals surface area contributed by atoms with Crippen LogP contribution in [0.25, 0.3) is 11.1 Å². The first-order valence-corrected chi connectivity index (χ1v) is 12.9. The Morgan fingerprint density at radius 3 is 2.78 bits per heavy atom. The van der Waals surface area contributed by atoms with Crippen molar-refractivity contribution in [3.63, 3.8) is 0 Å². The van der Waals surface area contributed by atoms with Gasteiger partial charge in [0.2, 0.25) is 5.91 Å². The molecule has 1 fully saturated rings. The minimum Gasteiger partial charge on any atom is -0.337 e. The quantitative estimate of drug-likeness (QED) is 0.541. The molecule has 2 aromatic heterocycles. The summed E-state index contributed by atoms with van der Waals surface area (Å²) < 4.78 is 15.8. The minimum absolute atomic E-state index is 0.0641. The third kappa shape index (κ3) is 4.72. The monoisotopic (exact) mass is 488 g/mol. The number of benzene rings is 1. The van der Waals surface area contributed by atoms with Gasteiger partial charge in [0.15, 0.2) is 0 Å². The lowest BCUT2D eigenvalue weighted by Gasteiger charge is -2.39. The van der Waals surface area contributed by atoms with Crippen LogP contribution in [0.3, 0.4) is 0 Å². The van der Waals surface area contributed by atoms with Crippen LogP contribution in [-0.2, 0) is 24.3 Å². The summed E-state index contributed by atoms with van der Waals surface area (Å²) in [5.74, 6) is -0.108. The van der Waals surface area contributed by atoms with Crippen molar-refractivity contribution in [3.05, 3.63) is 87.3 Å². The largest absolute Gasteiger partial charge is 0.337 e. The zero-order valence-electron chi connectivity index (χ0n) is 21.0. The third-order valence-electron chi connectivity index (χ3n) is 7.62. The minimum atomic E-state index is -0.294. The van der Waals surface area contributed by atoms with Crippen molar-refractivity contribution < 1.29 is 9.18 Å². The summed E-state index contributed by atoms with van der Waals surface area (Å²) in [4.78, 5) is 35.8. The van der Waals surface area contributed by atoms with Gasteiger partial charge in [0.1, 0.15) is 5.82 Å². The fraction of sp³-hybridized carbons (Fsp3) is 0.414. The van der Waals surface area contributed by atoms with Gasteiger partial charge in [-0.05, 0) is 79.4 Å². The zero-order chi connectivity index (χ0) is 25.2. The van der Waals surface area contributed by atoms with Crippen molar-refractivity contribution in [1.29, 1.82) is 0 Å². The van der Waals surface area contributed by atoms with Gasteiger partial charge in [-0.1, -0.05) is 25.5 Å². The smallest absolute Gasteiger partial charge is 0.258 e. The third-order valence-corrected chi connectivity index (χ3v) is 7.62. The summed E-state index contributed by atoms with van der Waals surface area (Å²) >= 11 is 0. The van der Waals surface area contributed by atoms with E-state index in [9.17, 15) is 14.0 Å². The number of piperidine rings is 1. The maximum absolute atomic E-state index is 14.0. The van der Waals surface area contributed by atoms with Crippen molar-refractivity contribution in [2.45, 2.75) is 58.7 Å². The summed E-state index contributed by atoms with van der Waals surface area (Å²) in [7, 11) is 0. The predicted molar refractivity (Wildman–Crippen MR) is 138 cm³/mol. The number of hydrogen-bond donors (Lipinski definition) is 0. The number of likely N-dealkylation sites (N-methyl/N-ethyl adjacent to an activating group) is 1. The second kappa shape index (κ2) is 10.3. The van der Waals surface area contributed by atoms with Gasteiger partial charge in [-0.15, -0.1) is 0 Å². The number of carbonyl (C=O) groups excluding carboxylic acids is 1. The highest BCUT2D eigenvalue weighted by molar-refractivity contribution is 5.82. The number of pyridine rings is 2. The van der Waals surface area contributed by atoms with Crippen LogP contribution in [0.15, 0.2) is 53.6 Å². The van der Waals surface area contributed by atoms with Gasteiger partial charge in [-0.2, -0.15) is 0 Å². The summed E-state index contributed by atoms with van der Waals surface area (Å²) in [6.07, 6.45) is 7.23. The fourth-order valence-electron chi connectivity index (χ4n) is 5.63. The molecule has 36 heavy (non-hydrogen) atoms. The number of hydrogen-bond acceptors (Lipinski definition) is 4. The Labute approximate surface area is 211 Å². The van der Waals surface area contributed by atoms with Crippen LogP contribution in [0.2, 0.25) is 0 Å². The molecule has 2 aliphatic heterocycles. The van der Waals surface area contributed by atoms with Gasteiger partial charge in [-0.3, -0.25) is 19.5 Å². The lowest BCUT2D eigenvalue weighted by Crippen LogP contribution is -2.52. The predicted octanol–water partition coefficient (Wildman–Crippen LogP) is 4.17. The molecule has 3 aromatic rings. The zero-order valence-corrected chi connectivity index (χ0v) is 21.0. The number of aromatic nitrogens is 2. The second-order valence-electron chi connectivity index (χ2n) is 9.90. The molecule has 0 aliphatic carbocycles. The summed E-state index contributed by atoms with van der Waals surface area (Å²) in [6.45, 7) is 7.14. The molecule has 5 rings (SSSR count). The molecule has 1 amide bonds. The molecular formula is C29H33FN4O2. The van der Waals surface area contributed by atoms with Crippen molar-refractivity contribution in [2.75, 3.05) is 19.6 Å². The van der Waals surface area contributed by atoms with Crippen LogP contribution < -0.4 is 5.56 Å². The Balaban J connectivity index is 1.55. The van der Waals surface area contributed by atoms with Gasteiger partial charge in [0.25, 0.3) is 5.56 Å². The van der Waals surface area contributed by atoms with E-state index in [0.717, 1.165) is 49.2 Å². The average molecular weight is 489 g/mol. The molecule has 2 aliphatic rings. The average Bonchev–Trinajstić information content (AvgIpc) is 2.91. The van der Waals surface area contributed by atoms with E-state index in [-0.39, 0.29) is 23.3 Å². The Morgan fingerprint density at radius 2 is 2.03 bits per heavy atom. The number of rotatable bonds is 5. The van der Waals surface area contributed by atoms with Gasteiger partial charge >= 0.3 is 0 Å². The molecule has 188 valence electrons. The van der Waals surface area contributed by atoms with E-state index in [1.54, 1.807) is 31.5 Å². The van der Waals surface area contributed by atoms with Crippen LogP contribution in [0, 0.1) is 12.7 Å². The molecule has 0 bridgehead atoms. The number of fused-ring (bicyclic) bond motifs is 1. The number of likely N-dealkylation sites (tertiary alicyclic amines) is 1. The molecular weight excluding hydrogens is 455 g/mol. The summed E-state index contributed by atoms with van der Waals surface area (Å²) in [5.41, 5.74) is 4.50. The van der Waals surface area contributed by atoms with Crippen molar-refractivity contribution >= 4 is 5.91 Å². The highest BCUT2D eigenvalue weighted by atomic mass is 19.1. The SMILES string of the molecule is CCN1CCCC[C@@H]1C(=O)N1CCc2c(cc(-c3ccc(F)c(C)c3)c(=O)n2Cc2cccnc2)C1. The van der Waals surface area contributed by atoms with E-state index in [4.69, 9.17) is 0 Å². The lowest BCUT2D eigenvalue weighted by molar-refractivity contribution is -0.139. The highest BCUT2D eigenvalue weighted by Crippen LogP contribution is 2.27. The first kappa shape index (κ1) is 24.4. The van der Waals surface area contributed by atoms with E-state index in [0.29, 0.717) is 42.7 Å². The van der Waals surface area contributed by atoms with Crippen LogP contribution in [0.5, 0.6) is 0 Å². The number of carbonyl (C=O) groups is 1. The van der Waals surface area contributed by atoms with E-state index in [1.165, 1.54) is 6.07 Å². The Bertz CT molecular complexity index is 1320. The van der Waals surface area contributed by atoms with Crippen molar-refractivity contribution in [3.8, 4) is 11.1 Å². The molecule has 1 atom stereocenters.